The minimum atomic E-state index is 0.286. The molecule has 7 nitrogen and oxygen atoms in total. The maximum Gasteiger partial charge on any atom is 0.226 e. The maximum absolute atomic E-state index is 6.15. The predicted octanol–water partition coefficient (Wildman–Crippen LogP) is 3.86. The summed E-state index contributed by atoms with van der Waals surface area (Å²) in [5.41, 5.74) is 1.81. The molecular formula is C24H34N4O3. The standard InChI is InChI=1S/C24H34N4O3/c1-2-25-24(26-16-20-17-31-23(27-20)19-8-4-3-5-9-19)28-13-11-21(12-14-28)30-18-22-10-6-7-15-29-22/h3-5,8-9,17,21-22H,2,6-7,10-16,18H2,1H3,(H,25,26). The summed E-state index contributed by atoms with van der Waals surface area (Å²) >= 11 is 0. The first-order valence-corrected chi connectivity index (χ1v) is 11.6. The van der Waals surface area contributed by atoms with Gasteiger partial charge in [-0.05, 0) is 51.2 Å². The molecule has 0 aliphatic carbocycles. The van der Waals surface area contributed by atoms with Gasteiger partial charge in [0.25, 0.3) is 0 Å². The summed E-state index contributed by atoms with van der Waals surface area (Å²) in [4.78, 5) is 11.7. The van der Waals surface area contributed by atoms with Crippen LogP contribution >= 0.6 is 0 Å². The van der Waals surface area contributed by atoms with Crippen LogP contribution in [0.5, 0.6) is 0 Å². The Labute approximate surface area is 184 Å². The summed E-state index contributed by atoms with van der Waals surface area (Å²) in [6, 6.07) is 9.94. The van der Waals surface area contributed by atoms with Crippen molar-refractivity contribution < 1.29 is 13.9 Å². The summed E-state index contributed by atoms with van der Waals surface area (Å²) in [5.74, 6) is 1.57. The summed E-state index contributed by atoms with van der Waals surface area (Å²) in [6.45, 7) is 6.92. The number of likely N-dealkylation sites (tertiary alicyclic amines) is 1. The number of aliphatic imine (C=N–C) groups is 1. The fourth-order valence-electron chi connectivity index (χ4n) is 4.09. The number of aromatic nitrogens is 1. The molecule has 31 heavy (non-hydrogen) atoms. The molecule has 3 heterocycles. The largest absolute Gasteiger partial charge is 0.444 e. The predicted molar refractivity (Wildman–Crippen MR) is 121 cm³/mol. The molecule has 0 bridgehead atoms. The number of rotatable bonds is 7. The molecule has 0 saturated carbocycles. The van der Waals surface area contributed by atoms with Gasteiger partial charge in [-0.1, -0.05) is 18.2 Å². The maximum atomic E-state index is 6.15. The molecule has 2 aromatic rings. The number of nitrogens with zero attached hydrogens (tertiary/aromatic N) is 3. The van der Waals surface area contributed by atoms with Crippen molar-refractivity contribution in [1.82, 2.24) is 15.2 Å². The van der Waals surface area contributed by atoms with Gasteiger partial charge in [-0.15, -0.1) is 0 Å². The number of guanidine groups is 1. The topological polar surface area (TPSA) is 72.1 Å². The lowest BCUT2D eigenvalue weighted by Gasteiger charge is -2.35. The van der Waals surface area contributed by atoms with E-state index in [0.29, 0.717) is 18.5 Å². The van der Waals surface area contributed by atoms with Gasteiger partial charge in [0.15, 0.2) is 5.96 Å². The first kappa shape index (κ1) is 21.8. The third-order valence-electron chi connectivity index (χ3n) is 5.83. The first-order valence-electron chi connectivity index (χ1n) is 11.6. The van der Waals surface area contributed by atoms with Crippen LogP contribution in [0.15, 0.2) is 46.0 Å². The highest BCUT2D eigenvalue weighted by Crippen LogP contribution is 2.20. The van der Waals surface area contributed by atoms with Crippen LogP contribution in [0.4, 0.5) is 0 Å². The van der Waals surface area contributed by atoms with Gasteiger partial charge in [-0.3, -0.25) is 0 Å². The van der Waals surface area contributed by atoms with E-state index in [9.17, 15) is 0 Å². The molecule has 0 amide bonds. The van der Waals surface area contributed by atoms with E-state index in [1.807, 2.05) is 30.3 Å². The average Bonchev–Trinajstić information content (AvgIpc) is 3.31. The lowest BCUT2D eigenvalue weighted by molar-refractivity contribution is -0.0721. The van der Waals surface area contributed by atoms with E-state index in [2.05, 4.69) is 22.1 Å². The highest BCUT2D eigenvalue weighted by atomic mass is 16.5. The highest BCUT2D eigenvalue weighted by molar-refractivity contribution is 5.80. The van der Waals surface area contributed by atoms with E-state index in [4.69, 9.17) is 18.9 Å². The Balaban J connectivity index is 1.27. The molecule has 2 aliphatic heterocycles. The summed E-state index contributed by atoms with van der Waals surface area (Å²) < 4.78 is 17.6. The van der Waals surface area contributed by atoms with Gasteiger partial charge in [0.1, 0.15) is 12.0 Å². The van der Waals surface area contributed by atoms with Crippen LogP contribution in [-0.2, 0) is 16.0 Å². The van der Waals surface area contributed by atoms with Crippen molar-refractivity contribution in [2.45, 2.75) is 57.8 Å². The molecule has 0 radical (unpaired) electrons. The number of ether oxygens (including phenoxy) is 2. The monoisotopic (exact) mass is 426 g/mol. The van der Waals surface area contributed by atoms with Crippen LogP contribution in [0.2, 0.25) is 0 Å². The smallest absolute Gasteiger partial charge is 0.226 e. The van der Waals surface area contributed by atoms with Crippen molar-refractivity contribution in [1.29, 1.82) is 0 Å². The number of nitrogens with one attached hydrogen (secondary N) is 1. The molecule has 2 saturated heterocycles. The van der Waals surface area contributed by atoms with Crippen LogP contribution in [0.25, 0.3) is 11.5 Å². The molecule has 2 aliphatic rings. The van der Waals surface area contributed by atoms with E-state index in [0.717, 1.165) is 69.3 Å². The van der Waals surface area contributed by atoms with Gasteiger partial charge in [0.05, 0.1) is 25.4 Å². The number of piperidine rings is 1. The van der Waals surface area contributed by atoms with Crippen molar-refractivity contribution in [3.63, 3.8) is 0 Å². The second-order valence-corrected chi connectivity index (χ2v) is 8.19. The van der Waals surface area contributed by atoms with Crippen molar-refractivity contribution in [3.8, 4) is 11.5 Å². The van der Waals surface area contributed by atoms with Crippen LogP contribution in [0.1, 0.15) is 44.7 Å². The van der Waals surface area contributed by atoms with Crippen LogP contribution < -0.4 is 5.32 Å². The zero-order valence-electron chi connectivity index (χ0n) is 18.5. The number of hydrogen-bond acceptors (Lipinski definition) is 5. The van der Waals surface area contributed by atoms with Gasteiger partial charge in [0, 0.05) is 31.8 Å². The SMILES string of the molecule is CCNC(=NCc1coc(-c2ccccc2)n1)N1CCC(OCC2CCCCO2)CC1. The minimum Gasteiger partial charge on any atom is -0.444 e. The van der Waals surface area contributed by atoms with E-state index >= 15 is 0 Å². The Hall–Kier alpha value is -2.38. The number of benzene rings is 1. The van der Waals surface area contributed by atoms with Gasteiger partial charge < -0.3 is 24.1 Å². The fourth-order valence-corrected chi connectivity index (χ4v) is 4.09. The summed E-state index contributed by atoms with van der Waals surface area (Å²) in [5, 5.41) is 3.42. The Morgan fingerprint density at radius 3 is 2.77 bits per heavy atom. The number of oxazole rings is 1. The molecule has 1 unspecified atom stereocenters. The van der Waals surface area contributed by atoms with Gasteiger partial charge in [0.2, 0.25) is 5.89 Å². The first-order chi connectivity index (χ1) is 15.3. The van der Waals surface area contributed by atoms with Crippen molar-refractivity contribution in [3.05, 3.63) is 42.3 Å². The highest BCUT2D eigenvalue weighted by Gasteiger charge is 2.24. The molecule has 1 aromatic carbocycles. The van der Waals surface area contributed by atoms with E-state index in [1.54, 1.807) is 6.26 Å². The van der Waals surface area contributed by atoms with Crippen molar-refractivity contribution >= 4 is 5.96 Å². The molecule has 168 valence electrons. The Kier molecular flexibility index (Phi) is 7.96. The summed E-state index contributed by atoms with van der Waals surface area (Å²) in [6.07, 6.45) is 7.89. The fraction of sp³-hybridized carbons (Fsp3) is 0.583. The average molecular weight is 427 g/mol. The lowest BCUT2D eigenvalue weighted by Crippen LogP contribution is -2.47. The van der Waals surface area contributed by atoms with E-state index < -0.39 is 0 Å². The zero-order chi connectivity index (χ0) is 21.3. The Morgan fingerprint density at radius 1 is 1.19 bits per heavy atom. The van der Waals surface area contributed by atoms with Crippen LogP contribution in [-0.4, -0.2) is 60.9 Å². The van der Waals surface area contributed by atoms with Crippen molar-refractivity contribution in [2.75, 3.05) is 32.8 Å². The Morgan fingerprint density at radius 2 is 2.03 bits per heavy atom. The van der Waals surface area contributed by atoms with Gasteiger partial charge in [-0.2, -0.15) is 0 Å². The van der Waals surface area contributed by atoms with Gasteiger partial charge >= 0.3 is 0 Å². The van der Waals surface area contributed by atoms with Crippen LogP contribution in [0, 0.1) is 0 Å². The molecular weight excluding hydrogens is 392 g/mol. The molecule has 7 heteroatoms. The molecule has 1 N–H and O–H groups in total. The molecule has 2 fully saturated rings. The second-order valence-electron chi connectivity index (χ2n) is 8.19. The molecule has 1 aromatic heterocycles. The van der Waals surface area contributed by atoms with E-state index in [1.165, 1.54) is 12.8 Å². The molecule has 0 spiro atoms. The van der Waals surface area contributed by atoms with E-state index in [-0.39, 0.29) is 6.10 Å². The molecule has 1 atom stereocenters. The zero-order valence-corrected chi connectivity index (χ0v) is 18.5. The third-order valence-corrected chi connectivity index (χ3v) is 5.83. The molecule has 4 rings (SSSR count). The van der Waals surface area contributed by atoms with Gasteiger partial charge in [-0.25, -0.2) is 9.98 Å². The summed E-state index contributed by atoms with van der Waals surface area (Å²) in [7, 11) is 0. The van der Waals surface area contributed by atoms with Crippen LogP contribution in [0.3, 0.4) is 0 Å². The lowest BCUT2D eigenvalue weighted by atomic mass is 10.1. The third kappa shape index (κ3) is 6.31. The van der Waals surface area contributed by atoms with Crippen molar-refractivity contribution in [2.24, 2.45) is 4.99 Å². The normalized spacial score (nSPS) is 20.7. The Bertz CT molecular complexity index is 809. The second kappa shape index (κ2) is 11.3. The quantitative estimate of drug-likeness (QED) is 0.535. The minimum absolute atomic E-state index is 0.286. The number of hydrogen-bond donors (Lipinski definition) is 1.